The van der Waals surface area contributed by atoms with Crippen molar-refractivity contribution in [3.8, 4) is 0 Å². The first-order valence-corrected chi connectivity index (χ1v) is 19.0. The third-order valence-electron chi connectivity index (χ3n) is 6.08. The summed E-state index contributed by atoms with van der Waals surface area (Å²) in [4.78, 5) is 0. The van der Waals surface area contributed by atoms with Crippen LogP contribution in [-0.2, 0) is 0 Å². The van der Waals surface area contributed by atoms with E-state index in [9.17, 15) is 0 Å². The van der Waals surface area contributed by atoms with Gasteiger partial charge >= 0.3 is 0 Å². The molecule has 2 nitrogen and oxygen atoms in total. The summed E-state index contributed by atoms with van der Waals surface area (Å²) < 4.78 is 5.53. The number of rotatable bonds is 10. The Kier molecular flexibility index (Phi) is 8.63. The topological polar surface area (TPSA) is 6.48 Å². The summed E-state index contributed by atoms with van der Waals surface area (Å²) in [5.74, 6) is 1.10. The predicted molar refractivity (Wildman–Crippen MR) is 147 cm³/mol. The Morgan fingerprint density at radius 1 is 0.581 bits per heavy atom. The Morgan fingerprint density at radius 2 is 0.903 bits per heavy atom. The van der Waals surface area contributed by atoms with E-state index < -0.39 is 16.5 Å². The normalized spacial score (nSPS) is 12.5. The van der Waals surface area contributed by atoms with Gasteiger partial charge in [0.15, 0.2) is 0 Å². The molecule has 0 fully saturated rings. The van der Waals surface area contributed by atoms with E-state index >= 15 is 0 Å². The highest BCUT2D eigenvalue weighted by atomic mass is 28.3. The Bertz CT molecular complexity index is 762. The van der Waals surface area contributed by atoms with Gasteiger partial charge in [-0.15, -0.1) is 0 Å². The molecule has 0 bridgehead atoms. The molecule has 0 amide bonds. The molecule has 0 N–H and O–H groups in total. The van der Waals surface area contributed by atoms with Crippen molar-refractivity contribution >= 4 is 27.8 Å². The molecule has 0 aliphatic carbocycles. The van der Waals surface area contributed by atoms with E-state index in [4.69, 9.17) is 0 Å². The van der Waals surface area contributed by atoms with Gasteiger partial charge in [0.05, 0.1) is 0 Å². The van der Waals surface area contributed by atoms with Crippen LogP contribution < -0.4 is 9.13 Å². The molecule has 0 saturated carbocycles. The predicted octanol–water partition coefficient (Wildman–Crippen LogP) is 8.31. The zero-order valence-corrected chi connectivity index (χ0v) is 23.8. The molecule has 31 heavy (non-hydrogen) atoms. The minimum Gasteiger partial charge on any atom is -0.398 e. The fraction of sp³-hybridized carbons (Fsp3) is 0.556. The van der Waals surface area contributed by atoms with Crippen molar-refractivity contribution < 1.29 is 0 Å². The fourth-order valence-corrected chi connectivity index (χ4v) is 7.98. The quantitative estimate of drug-likeness (QED) is 0.333. The van der Waals surface area contributed by atoms with Crippen molar-refractivity contribution in [2.24, 2.45) is 0 Å². The maximum atomic E-state index is 2.76. The standard InChI is InChI=1S/C27H46N2Si2/c1-22(2)24-16-11-13-18-26(24)28(30(5,6)7)20-15-21-29(31(8,9)10)27-19-14-12-17-25(27)23(3)4/h11-14,16-19,22-23H,15,20-21H2,1-10H3. The number of hydrogen-bond acceptors (Lipinski definition) is 2. The molecule has 4 heteroatoms. The first kappa shape index (κ1) is 25.7. The summed E-state index contributed by atoms with van der Waals surface area (Å²) in [5, 5.41) is 0. The van der Waals surface area contributed by atoms with Crippen molar-refractivity contribution in [1.29, 1.82) is 0 Å². The molecule has 0 aliphatic heterocycles. The summed E-state index contributed by atoms with van der Waals surface area (Å²) >= 11 is 0. The van der Waals surface area contributed by atoms with Gasteiger partial charge < -0.3 is 9.13 Å². The third-order valence-corrected chi connectivity index (χ3v) is 10.3. The largest absolute Gasteiger partial charge is 0.398 e. The van der Waals surface area contributed by atoms with E-state index in [2.05, 4.69) is 125 Å². The molecule has 0 atom stereocenters. The summed E-state index contributed by atoms with van der Waals surface area (Å²) in [7, 11) is -3.01. The summed E-state index contributed by atoms with van der Waals surface area (Å²) in [5.41, 5.74) is 5.88. The second kappa shape index (κ2) is 10.4. The van der Waals surface area contributed by atoms with Crippen LogP contribution >= 0.6 is 0 Å². The molecule has 0 saturated heterocycles. The molecule has 2 aromatic carbocycles. The molecule has 0 spiro atoms. The van der Waals surface area contributed by atoms with Crippen molar-refractivity contribution in [1.82, 2.24) is 0 Å². The molecule has 2 aromatic rings. The van der Waals surface area contributed by atoms with Gasteiger partial charge in [-0.1, -0.05) is 103 Å². The van der Waals surface area contributed by atoms with E-state index in [1.807, 2.05) is 0 Å². The van der Waals surface area contributed by atoms with Crippen molar-refractivity contribution in [3.63, 3.8) is 0 Å². The number of hydrogen-bond donors (Lipinski definition) is 0. The van der Waals surface area contributed by atoms with Crippen LogP contribution in [0, 0.1) is 0 Å². The van der Waals surface area contributed by atoms with Crippen LogP contribution in [-0.4, -0.2) is 29.6 Å². The minimum atomic E-state index is -1.50. The zero-order valence-electron chi connectivity index (χ0n) is 21.8. The average molecular weight is 455 g/mol. The van der Waals surface area contributed by atoms with Crippen LogP contribution in [0.5, 0.6) is 0 Å². The molecule has 2 rings (SSSR count). The highest BCUT2D eigenvalue weighted by Crippen LogP contribution is 2.33. The lowest BCUT2D eigenvalue weighted by Gasteiger charge is -2.41. The Morgan fingerprint density at radius 3 is 1.19 bits per heavy atom. The molecule has 0 radical (unpaired) electrons. The molecular formula is C27H46N2Si2. The second-order valence-corrected chi connectivity index (χ2v) is 21.2. The van der Waals surface area contributed by atoms with E-state index in [1.165, 1.54) is 28.9 Å². The van der Waals surface area contributed by atoms with Gasteiger partial charge in [-0.2, -0.15) is 0 Å². The van der Waals surface area contributed by atoms with Crippen molar-refractivity contribution in [2.45, 2.75) is 85.2 Å². The van der Waals surface area contributed by atoms with Crippen LogP contribution in [0.2, 0.25) is 39.3 Å². The van der Waals surface area contributed by atoms with Gasteiger partial charge in [-0.05, 0) is 41.5 Å². The summed E-state index contributed by atoms with van der Waals surface area (Å²) in [6.45, 7) is 26.4. The third kappa shape index (κ3) is 6.73. The van der Waals surface area contributed by atoms with Gasteiger partial charge in [-0.3, -0.25) is 0 Å². The van der Waals surface area contributed by atoms with Crippen LogP contribution in [0.15, 0.2) is 48.5 Å². The minimum absolute atomic E-state index is 0.548. The molecule has 0 aromatic heterocycles. The van der Waals surface area contributed by atoms with Gasteiger partial charge in [0, 0.05) is 24.5 Å². The number of nitrogens with zero attached hydrogens (tertiary/aromatic N) is 2. The van der Waals surface area contributed by atoms with Crippen LogP contribution in [0.1, 0.15) is 57.1 Å². The SMILES string of the molecule is CC(C)c1ccccc1N(CCCN(c1ccccc1C(C)C)[Si](C)(C)C)[Si](C)(C)C. The lowest BCUT2D eigenvalue weighted by atomic mass is 10.0. The van der Waals surface area contributed by atoms with Gasteiger partial charge in [-0.25, -0.2) is 0 Å². The van der Waals surface area contributed by atoms with Crippen LogP contribution in [0.3, 0.4) is 0 Å². The van der Waals surface area contributed by atoms with Gasteiger partial charge in [0.2, 0.25) is 0 Å². The van der Waals surface area contributed by atoms with Crippen LogP contribution in [0.4, 0.5) is 11.4 Å². The first-order chi connectivity index (χ1) is 14.3. The average Bonchev–Trinajstić information content (AvgIpc) is 2.66. The lowest BCUT2D eigenvalue weighted by Crippen LogP contribution is -2.50. The number of benzene rings is 2. The maximum absolute atomic E-state index is 2.76. The Hall–Kier alpha value is -1.53. The highest BCUT2D eigenvalue weighted by Gasteiger charge is 2.29. The van der Waals surface area contributed by atoms with E-state index in [1.54, 1.807) is 0 Å². The maximum Gasteiger partial charge on any atom is 0.147 e. The molecular weight excluding hydrogens is 408 g/mol. The molecule has 172 valence electrons. The number of para-hydroxylation sites is 2. The number of anilines is 2. The van der Waals surface area contributed by atoms with Crippen LogP contribution in [0.25, 0.3) is 0 Å². The summed E-state index contributed by atoms with van der Waals surface area (Å²) in [6, 6.07) is 18.1. The van der Waals surface area contributed by atoms with E-state index in [-0.39, 0.29) is 0 Å². The molecule has 0 unspecified atom stereocenters. The Labute approximate surface area is 194 Å². The van der Waals surface area contributed by atoms with Gasteiger partial charge in [0.1, 0.15) is 16.5 Å². The monoisotopic (exact) mass is 454 g/mol. The molecule has 0 aliphatic rings. The van der Waals surface area contributed by atoms with Gasteiger partial charge in [0.25, 0.3) is 0 Å². The Balaban J connectivity index is 2.30. The zero-order chi connectivity index (χ0) is 23.4. The first-order valence-electron chi connectivity index (χ1n) is 12.1. The smallest absolute Gasteiger partial charge is 0.147 e. The van der Waals surface area contributed by atoms with Crippen molar-refractivity contribution in [2.75, 3.05) is 22.2 Å². The fourth-order valence-electron chi connectivity index (χ4n) is 4.46. The summed E-state index contributed by atoms with van der Waals surface area (Å²) in [6.07, 6.45) is 1.19. The van der Waals surface area contributed by atoms with E-state index in [0.717, 1.165) is 13.1 Å². The highest BCUT2D eigenvalue weighted by molar-refractivity contribution is 6.80. The van der Waals surface area contributed by atoms with E-state index in [0.29, 0.717) is 11.8 Å². The lowest BCUT2D eigenvalue weighted by molar-refractivity contribution is 0.793. The van der Waals surface area contributed by atoms with Crippen molar-refractivity contribution in [3.05, 3.63) is 59.7 Å². The second-order valence-electron chi connectivity index (χ2n) is 11.4. The molecule has 0 heterocycles.